The topological polar surface area (TPSA) is 25.8 Å². The van der Waals surface area contributed by atoms with Crippen LogP contribution in [0, 0.1) is 5.82 Å². The van der Waals surface area contributed by atoms with Crippen LogP contribution in [0.5, 0.6) is 0 Å². The molecule has 7 aromatic rings. The molecule has 1 aliphatic rings. The highest BCUT2D eigenvalue weighted by Gasteiger charge is 2.44. The standard InChI is InChI=1S/C39H29FN2/c1-3-39(4-2)33-15-12-25-8-5-6-11-28(25)35(33)36-34(40)23-32-29-18-21-42-38(31(29)14-13-30(32)37(36)39)27-10-7-9-26(22-27)24-16-19-41-20-17-24/h5-23H,3-4H2,1-2H3. The van der Waals surface area contributed by atoms with Crippen LogP contribution in [0.25, 0.3) is 65.8 Å². The minimum Gasteiger partial charge on any atom is -0.265 e. The van der Waals surface area contributed by atoms with Gasteiger partial charge < -0.3 is 0 Å². The zero-order valence-corrected chi connectivity index (χ0v) is 23.7. The summed E-state index contributed by atoms with van der Waals surface area (Å²) in [7, 11) is 0. The SMILES string of the molecule is CCC1(CC)c2ccc3ccccc3c2-c2c(F)cc3c(ccc4c(-c5cccc(-c6ccncc6)c5)nccc43)c21. The molecule has 1 aliphatic carbocycles. The Kier molecular flexibility index (Phi) is 5.52. The molecule has 0 bridgehead atoms. The lowest BCUT2D eigenvalue weighted by Gasteiger charge is -2.31. The van der Waals surface area contributed by atoms with Crippen molar-refractivity contribution < 1.29 is 4.39 Å². The van der Waals surface area contributed by atoms with Crippen molar-refractivity contribution in [3.8, 4) is 33.5 Å². The van der Waals surface area contributed by atoms with Crippen LogP contribution in [0.2, 0.25) is 0 Å². The zero-order valence-electron chi connectivity index (χ0n) is 23.7. The zero-order chi connectivity index (χ0) is 28.4. The van der Waals surface area contributed by atoms with Crippen LogP contribution in [0.4, 0.5) is 4.39 Å². The molecule has 42 heavy (non-hydrogen) atoms. The summed E-state index contributed by atoms with van der Waals surface area (Å²) in [5, 5.41) is 6.39. The molecule has 0 radical (unpaired) electrons. The van der Waals surface area contributed by atoms with Gasteiger partial charge in [0.2, 0.25) is 0 Å². The van der Waals surface area contributed by atoms with Gasteiger partial charge in [-0.3, -0.25) is 9.97 Å². The van der Waals surface area contributed by atoms with E-state index in [0.717, 1.165) is 84.2 Å². The van der Waals surface area contributed by atoms with E-state index in [1.165, 1.54) is 5.56 Å². The average Bonchev–Trinajstić information content (AvgIpc) is 3.37. The predicted octanol–water partition coefficient (Wildman–Crippen LogP) is 10.5. The first-order valence-corrected chi connectivity index (χ1v) is 14.7. The maximum Gasteiger partial charge on any atom is 0.132 e. The molecule has 2 aromatic heterocycles. The number of aromatic nitrogens is 2. The Morgan fingerprint density at radius 3 is 2.21 bits per heavy atom. The number of nitrogens with zero attached hydrogens (tertiary/aromatic N) is 2. The number of halogens is 1. The molecule has 0 saturated carbocycles. The monoisotopic (exact) mass is 544 g/mol. The van der Waals surface area contributed by atoms with E-state index >= 15 is 4.39 Å². The van der Waals surface area contributed by atoms with Gasteiger partial charge in [0.25, 0.3) is 0 Å². The predicted molar refractivity (Wildman–Crippen MR) is 172 cm³/mol. The van der Waals surface area contributed by atoms with Gasteiger partial charge in [-0.05, 0) is 97.9 Å². The fourth-order valence-electron chi connectivity index (χ4n) is 7.53. The summed E-state index contributed by atoms with van der Waals surface area (Å²) in [6.07, 6.45) is 7.29. The van der Waals surface area contributed by atoms with Gasteiger partial charge in [0, 0.05) is 40.5 Å². The van der Waals surface area contributed by atoms with Gasteiger partial charge in [-0.1, -0.05) is 80.6 Å². The van der Waals surface area contributed by atoms with Gasteiger partial charge >= 0.3 is 0 Å². The molecule has 0 aliphatic heterocycles. The van der Waals surface area contributed by atoms with Gasteiger partial charge in [-0.2, -0.15) is 0 Å². The summed E-state index contributed by atoms with van der Waals surface area (Å²) < 4.78 is 16.6. The summed E-state index contributed by atoms with van der Waals surface area (Å²) in [4.78, 5) is 9.00. The summed E-state index contributed by atoms with van der Waals surface area (Å²) in [5.41, 5.74) is 8.12. The van der Waals surface area contributed by atoms with Crippen molar-refractivity contribution in [3.05, 3.63) is 133 Å². The third kappa shape index (κ3) is 3.37. The van der Waals surface area contributed by atoms with Crippen LogP contribution in [0.3, 0.4) is 0 Å². The van der Waals surface area contributed by atoms with E-state index in [0.29, 0.717) is 0 Å². The second-order valence-corrected chi connectivity index (χ2v) is 11.3. The third-order valence-corrected chi connectivity index (χ3v) is 9.55. The highest BCUT2D eigenvalue weighted by Crippen LogP contribution is 2.58. The van der Waals surface area contributed by atoms with E-state index in [-0.39, 0.29) is 11.2 Å². The minimum absolute atomic E-state index is 0.149. The van der Waals surface area contributed by atoms with Crippen molar-refractivity contribution in [1.82, 2.24) is 9.97 Å². The number of benzene rings is 5. The molecule has 0 saturated heterocycles. The van der Waals surface area contributed by atoms with Crippen LogP contribution in [-0.4, -0.2) is 9.97 Å². The Labute approximate surface area is 244 Å². The van der Waals surface area contributed by atoms with Gasteiger partial charge in [-0.25, -0.2) is 4.39 Å². The van der Waals surface area contributed by atoms with Crippen molar-refractivity contribution in [2.24, 2.45) is 0 Å². The molecule has 0 amide bonds. The molecule has 2 heterocycles. The third-order valence-electron chi connectivity index (χ3n) is 9.55. The second-order valence-electron chi connectivity index (χ2n) is 11.3. The molecule has 0 spiro atoms. The molecule has 0 fully saturated rings. The Morgan fingerprint density at radius 1 is 0.595 bits per heavy atom. The van der Waals surface area contributed by atoms with Crippen molar-refractivity contribution in [3.63, 3.8) is 0 Å². The van der Waals surface area contributed by atoms with Crippen molar-refractivity contribution in [1.29, 1.82) is 0 Å². The highest BCUT2D eigenvalue weighted by molar-refractivity contribution is 6.16. The summed E-state index contributed by atoms with van der Waals surface area (Å²) in [6.45, 7) is 4.49. The van der Waals surface area contributed by atoms with Crippen LogP contribution in [0.15, 0.2) is 116 Å². The van der Waals surface area contributed by atoms with Crippen LogP contribution < -0.4 is 0 Å². The molecule has 0 unspecified atom stereocenters. The average molecular weight is 545 g/mol. The minimum atomic E-state index is -0.253. The molecule has 202 valence electrons. The Hall–Kier alpha value is -4.89. The summed E-state index contributed by atoms with van der Waals surface area (Å²) in [5.74, 6) is -0.149. The molecule has 8 rings (SSSR count). The lowest BCUT2D eigenvalue weighted by molar-refractivity contribution is 0.493. The first-order chi connectivity index (χ1) is 20.6. The lowest BCUT2D eigenvalue weighted by Crippen LogP contribution is -2.23. The number of hydrogen-bond acceptors (Lipinski definition) is 2. The van der Waals surface area contributed by atoms with E-state index < -0.39 is 0 Å². The van der Waals surface area contributed by atoms with Crippen molar-refractivity contribution in [2.75, 3.05) is 0 Å². The van der Waals surface area contributed by atoms with Crippen LogP contribution in [0.1, 0.15) is 37.8 Å². The molecule has 0 N–H and O–H groups in total. The van der Waals surface area contributed by atoms with Gasteiger partial charge in [-0.15, -0.1) is 0 Å². The molecular formula is C39H29FN2. The Balaban J connectivity index is 1.41. The van der Waals surface area contributed by atoms with Gasteiger partial charge in [0.15, 0.2) is 0 Å². The number of fused-ring (bicyclic) bond motifs is 9. The molecule has 2 nitrogen and oxygen atoms in total. The van der Waals surface area contributed by atoms with E-state index in [1.807, 2.05) is 36.8 Å². The quantitative estimate of drug-likeness (QED) is 0.206. The highest BCUT2D eigenvalue weighted by atomic mass is 19.1. The summed E-state index contributed by atoms with van der Waals surface area (Å²) >= 11 is 0. The largest absolute Gasteiger partial charge is 0.265 e. The molecular weight excluding hydrogens is 515 g/mol. The first-order valence-electron chi connectivity index (χ1n) is 14.7. The second kappa shape index (κ2) is 9.32. The van der Waals surface area contributed by atoms with E-state index in [2.05, 4.69) is 91.6 Å². The van der Waals surface area contributed by atoms with Crippen LogP contribution >= 0.6 is 0 Å². The van der Waals surface area contributed by atoms with Crippen molar-refractivity contribution in [2.45, 2.75) is 32.1 Å². The molecule has 0 atom stereocenters. The van der Waals surface area contributed by atoms with E-state index in [4.69, 9.17) is 4.98 Å². The fraction of sp³-hybridized carbons (Fsp3) is 0.128. The number of pyridine rings is 2. The Bertz CT molecular complexity index is 2180. The Morgan fingerprint density at radius 2 is 1.38 bits per heavy atom. The number of hydrogen-bond donors (Lipinski definition) is 0. The maximum absolute atomic E-state index is 16.6. The lowest BCUT2D eigenvalue weighted by atomic mass is 9.72. The first kappa shape index (κ1) is 24.9. The molecule has 3 heteroatoms. The van der Waals surface area contributed by atoms with Crippen LogP contribution in [-0.2, 0) is 5.41 Å². The maximum atomic E-state index is 16.6. The van der Waals surface area contributed by atoms with Gasteiger partial charge in [0.1, 0.15) is 5.82 Å². The van der Waals surface area contributed by atoms with E-state index in [9.17, 15) is 0 Å². The summed E-state index contributed by atoms with van der Waals surface area (Å²) in [6, 6.07) is 33.5. The smallest absolute Gasteiger partial charge is 0.132 e. The number of rotatable bonds is 4. The van der Waals surface area contributed by atoms with Crippen molar-refractivity contribution >= 4 is 32.3 Å². The normalized spacial score (nSPS) is 13.5. The van der Waals surface area contributed by atoms with Gasteiger partial charge in [0.05, 0.1) is 5.69 Å². The fourth-order valence-corrected chi connectivity index (χ4v) is 7.53. The van der Waals surface area contributed by atoms with E-state index in [1.54, 1.807) is 6.07 Å². The molecule has 5 aromatic carbocycles.